The molecular formula is C25H22F4N4O3. The van der Waals surface area contributed by atoms with Gasteiger partial charge < -0.3 is 19.5 Å². The van der Waals surface area contributed by atoms with Gasteiger partial charge in [0, 0.05) is 24.4 Å². The number of likely N-dealkylation sites (tertiary alicyclic amines) is 1. The number of piperidine rings is 1. The molecule has 2 aromatic carbocycles. The lowest BCUT2D eigenvalue weighted by molar-refractivity contribution is -0.170. The Kier molecular flexibility index (Phi) is 5.39. The van der Waals surface area contributed by atoms with Crippen molar-refractivity contribution in [2.45, 2.75) is 24.5 Å². The Morgan fingerprint density at radius 3 is 2.78 bits per heavy atom. The van der Waals surface area contributed by atoms with Gasteiger partial charge in [-0.15, -0.1) is 6.42 Å². The molecule has 0 radical (unpaired) electrons. The molecule has 0 amide bonds. The molecule has 2 aliphatic heterocycles. The van der Waals surface area contributed by atoms with Gasteiger partial charge in [0.15, 0.2) is 23.4 Å². The molecule has 1 aromatic heterocycles. The van der Waals surface area contributed by atoms with Crippen molar-refractivity contribution in [3.8, 4) is 23.8 Å². The highest BCUT2D eigenvalue weighted by atomic mass is 19.3. The first-order valence-electron chi connectivity index (χ1n) is 12.5. The number of nitrogens with zero attached hydrogens (tertiary/aromatic N) is 3. The number of ether oxygens (including phenoxy) is 3. The molecule has 1 N–H and O–H groups in total. The quantitative estimate of drug-likeness (QED) is 0.399. The van der Waals surface area contributed by atoms with E-state index in [0.29, 0.717) is 19.8 Å². The van der Waals surface area contributed by atoms with E-state index in [1.165, 1.54) is 12.1 Å². The molecule has 0 saturated carbocycles. The van der Waals surface area contributed by atoms with E-state index in [-0.39, 0.29) is 46.4 Å². The van der Waals surface area contributed by atoms with Crippen molar-refractivity contribution in [3.63, 3.8) is 0 Å². The number of anilines is 2. The van der Waals surface area contributed by atoms with Crippen molar-refractivity contribution in [2.24, 2.45) is 0 Å². The Morgan fingerprint density at radius 1 is 1.25 bits per heavy atom. The van der Waals surface area contributed by atoms with E-state index in [9.17, 15) is 8.78 Å². The second-order valence-electron chi connectivity index (χ2n) is 8.51. The average Bonchev–Trinajstić information content (AvgIpc) is 2.81. The zero-order chi connectivity index (χ0) is 27.9. The van der Waals surface area contributed by atoms with Crippen LogP contribution in [0.15, 0.2) is 30.6 Å². The number of benzene rings is 2. The maximum Gasteiger partial charge on any atom is 0.296 e. The molecular weight excluding hydrogens is 480 g/mol. The minimum Gasteiger partial charge on any atom is -0.493 e. The summed E-state index contributed by atoms with van der Waals surface area (Å²) in [6.45, 7) is 0.548. The number of methoxy groups -OCH3 is 1. The van der Waals surface area contributed by atoms with Crippen LogP contribution in [-0.4, -0.2) is 66.3 Å². The Hall–Kier alpha value is -3.62. The number of nitrogens with one attached hydrogen (secondary N) is 1. The number of hydrogen-bond acceptors (Lipinski definition) is 7. The number of halogens is 4. The van der Waals surface area contributed by atoms with Gasteiger partial charge in [0.2, 0.25) is 0 Å². The molecule has 7 nitrogen and oxygen atoms in total. The molecule has 5 rings (SSSR count). The maximum absolute atomic E-state index is 15.1. The number of alkyl halides is 2. The third kappa shape index (κ3) is 4.38. The fourth-order valence-corrected chi connectivity index (χ4v) is 4.23. The summed E-state index contributed by atoms with van der Waals surface area (Å²) in [4.78, 5) is 9.80. The minimum absolute atomic E-state index is 0.00493. The average molecular weight is 505 g/mol. The molecule has 2 fully saturated rings. The van der Waals surface area contributed by atoms with Crippen molar-refractivity contribution in [2.75, 3.05) is 38.7 Å². The SMILES string of the molecule is [2H]C([2H])([2H])Oc1cc2ncnc(Nc3ccc(F)c(C#C)c3F)c2cc1OC1CCN(C2COC2)CC1(F)F. The lowest BCUT2D eigenvalue weighted by atomic mass is 10.0. The van der Waals surface area contributed by atoms with Gasteiger partial charge >= 0.3 is 0 Å². The molecule has 0 spiro atoms. The first-order valence-corrected chi connectivity index (χ1v) is 11.0. The van der Waals surface area contributed by atoms with Crippen LogP contribution in [-0.2, 0) is 4.74 Å². The Bertz CT molecular complexity index is 1450. The predicted molar refractivity (Wildman–Crippen MR) is 124 cm³/mol. The van der Waals surface area contributed by atoms with Crippen molar-refractivity contribution < 1.29 is 35.9 Å². The van der Waals surface area contributed by atoms with Gasteiger partial charge in [-0.2, -0.15) is 0 Å². The van der Waals surface area contributed by atoms with E-state index in [0.717, 1.165) is 18.5 Å². The highest BCUT2D eigenvalue weighted by Gasteiger charge is 2.48. The van der Waals surface area contributed by atoms with Crippen LogP contribution in [0.25, 0.3) is 10.9 Å². The first kappa shape index (κ1) is 20.6. The normalized spacial score (nSPS) is 21.5. The molecule has 36 heavy (non-hydrogen) atoms. The summed E-state index contributed by atoms with van der Waals surface area (Å²) in [7, 11) is -2.92. The smallest absolute Gasteiger partial charge is 0.296 e. The van der Waals surface area contributed by atoms with Crippen molar-refractivity contribution in [1.82, 2.24) is 14.9 Å². The topological polar surface area (TPSA) is 68.7 Å². The molecule has 2 aliphatic rings. The fourth-order valence-electron chi connectivity index (χ4n) is 4.23. The van der Waals surface area contributed by atoms with Gasteiger partial charge in [-0.25, -0.2) is 27.5 Å². The number of fused-ring (bicyclic) bond motifs is 1. The van der Waals surface area contributed by atoms with Gasteiger partial charge in [-0.3, -0.25) is 4.90 Å². The third-order valence-corrected chi connectivity index (χ3v) is 6.27. The van der Waals surface area contributed by atoms with E-state index in [1.807, 2.05) is 5.92 Å². The van der Waals surface area contributed by atoms with Gasteiger partial charge in [0.1, 0.15) is 18.0 Å². The van der Waals surface area contributed by atoms with E-state index >= 15 is 8.78 Å². The number of aromatic nitrogens is 2. The largest absolute Gasteiger partial charge is 0.493 e. The molecule has 188 valence electrons. The van der Waals surface area contributed by atoms with Crippen LogP contribution in [0.1, 0.15) is 16.1 Å². The van der Waals surface area contributed by atoms with Gasteiger partial charge in [0.05, 0.1) is 53.7 Å². The Morgan fingerprint density at radius 2 is 2.08 bits per heavy atom. The molecule has 3 aromatic rings. The predicted octanol–water partition coefficient (Wildman–Crippen LogP) is 4.13. The fraction of sp³-hybridized carbons (Fsp3) is 0.360. The summed E-state index contributed by atoms with van der Waals surface area (Å²) in [6, 6.07) is 4.45. The Labute approximate surface area is 208 Å². The number of hydrogen-bond donors (Lipinski definition) is 1. The van der Waals surface area contributed by atoms with Crippen LogP contribution >= 0.6 is 0 Å². The van der Waals surface area contributed by atoms with Crippen LogP contribution < -0.4 is 14.8 Å². The van der Waals surface area contributed by atoms with E-state index in [1.54, 1.807) is 4.90 Å². The lowest BCUT2D eigenvalue weighted by Gasteiger charge is -2.44. The second kappa shape index (κ2) is 9.44. The first-order chi connectivity index (χ1) is 18.4. The number of rotatable bonds is 6. The molecule has 2 saturated heterocycles. The summed E-state index contributed by atoms with van der Waals surface area (Å²) in [5.74, 6) is -3.90. The Balaban J connectivity index is 1.51. The number of terminal acetylenes is 1. The monoisotopic (exact) mass is 505 g/mol. The molecule has 0 bridgehead atoms. The summed E-state index contributed by atoms with van der Waals surface area (Å²) in [5.41, 5.74) is -0.642. The van der Waals surface area contributed by atoms with Crippen LogP contribution in [0.3, 0.4) is 0 Å². The standard InChI is InChI=1S/C25H22F4N4O3/c1-3-15-17(26)4-5-18(23(15)27)32-24-16-8-21(20(34-2)9-19(16)30-13-31-24)36-22-6-7-33(12-25(22,28)29)14-10-35-11-14/h1,4-5,8-9,13-14,22H,6-7,10-12H2,2H3,(H,30,31,32)/i2D3. The van der Waals surface area contributed by atoms with Crippen LogP contribution in [0.5, 0.6) is 11.5 Å². The van der Waals surface area contributed by atoms with Gasteiger partial charge in [-0.1, -0.05) is 5.92 Å². The minimum atomic E-state index is -3.27. The molecule has 3 heterocycles. The highest BCUT2D eigenvalue weighted by molar-refractivity contribution is 5.93. The molecule has 1 unspecified atom stereocenters. The van der Waals surface area contributed by atoms with Crippen molar-refractivity contribution >= 4 is 22.4 Å². The van der Waals surface area contributed by atoms with E-state index in [2.05, 4.69) is 15.3 Å². The van der Waals surface area contributed by atoms with Gasteiger partial charge in [0.25, 0.3) is 5.92 Å². The van der Waals surface area contributed by atoms with Crippen molar-refractivity contribution in [3.05, 3.63) is 47.8 Å². The molecule has 1 atom stereocenters. The summed E-state index contributed by atoms with van der Waals surface area (Å²) >= 11 is 0. The van der Waals surface area contributed by atoms with E-state index in [4.69, 9.17) is 24.7 Å². The van der Waals surface area contributed by atoms with Crippen LogP contribution in [0.2, 0.25) is 0 Å². The lowest BCUT2D eigenvalue weighted by Crippen LogP contribution is -2.60. The summed E-state index contributed by atoms with van der Waals surface area (Å²) in [5, 5.41) is 2.87. The van der Waals surface area contributed by atoms with Crippen LogP contribution in [0, 0.1) is 24.0 Å². The van der Waals surface area contributed by atoms with Gasteiger partial charge in [-0.05, 0) is 18.2 Å². The molecule has 0 aliphatic carbocycles. The zero-order valence-electron chi connectivity index (χ0n) is 21.7. The van der Waals surface area contributed by atoms with Crippen LogP contribution in [0.4, 0.5) is 29.1 Å². The maximum atomic E-state index is 15.1. The zero-order valence-corrected chi connectivity index (χ0v) is 18.7. The molecule has 11 heteroatoms. The summed E-state index contributed by atoms with van der Waals surface area (Å²) < 4.78 is 97.3. The summed E-state index contributed by atoms with van der Waals surface area (Å²) in [6.07, 6.45) is 4.70. The van der Waals surface area contributed by atoms with Crippen molar-refractivity contribution in [1.29, 1.82) is 0 Å². The van der Waals surface area contributed by atoms with E-state index < -0.39 is 42.8 Å². The highest BCUT2D eigenvalue weighted by Crippen LogP contribution is 2.39. The second-order valence-corrected chi connectivity index (χ2v) is 8.51. The third-order valence-electron chi connectivity index (χ3n) is 6.27.